The van der Waals surface area contributed by atoms with Gasteiger partial charge in [-0.2, -0.15) is 0 Å². The molecule has 2 aromatic rings. The molecule has 164 valence electrons. The van der Waals surface area contributed by atoms with Crippen molar-refractivity contribution in [3.63, 3.8) is 0 Å². The van der Waals surface area contributed by atoms with Gasteiger partial charge in [0, 0.05) is 13.1 Å². The summed E-state index contributed by atoms with van der Waals surface area (Å²) < 4.78 is 52.8. The van der Waals surface area contributed by atoms with E-state index in [1.54, 1.807) is 32.9 Å². The lowest BCUT2D eigenvalue weighted by atomic mass is 9.98. The third kappa shape index (κ3) is 4.64. The molecule has 0 atom stereocenters. The van der Waals surface area contributed by atoms with Crippen molar-refractivity contribution in [2.45, 2.75) is 55.1 Å². The second kappa shape index (κ2) is 8.23. The Labute approximate surface area is 180 Å². The highest BCUT2D eigenvalue weighted by atomic mass is 32.2. The van der Waals surface area contributed by atoms with Crippen molar-refractivity contribution in [3.05, 3.63) is 48.5 Å². The summed E-state index contributed by atoms with van der Waals surface area (Å²) in [7, 11) is -7.40. The maximum absolute atomic E-state index is 13.0. The topological polar surface area (TPSA) is 83.6 Å². The van der Waals surface area contributed by atoms with Crippen molar-refractivity contribution in [3.8, 4) is 0 Å². The van der Waals surface area contributed by atoms with Crippen LogP contribution in [0.5, 0.6) is 0 Å². The zero-order valence-electron chi connectivity index (χ0n) is 17.9. The predicted molar refractivity (Wildman–Crippen MR) is 121 cm³/mol. The monoisotopic (exact) mass is 450 g/mol. The molecule has 0 unspecified atom stereocenters. The largest absolute Gasteiger partial charge is 0.370 e. The maximum Gasteiger partial charge on any atom is 0.261 e. The molecule has 1 aliphatic rings. The Bertz CT molecular complexity index is 1090. The lowest BCUT2D eigenvalue weighted by Crippen LogP contribution is -2.33. The molecule has 2 aromatic carbocycles. The van der Waals surface area contributed by atoms with E-state index in [4.69, 9.17) is 0 Å². The first-order valence-electron chi connectivity index (χ1n) is 10.1. The number of para-hydroxylation sites is 2. The molecule has 0 bridgehead atoms. The van der Waals surface area contributed by atoms with Crippen LogP contribution in [0.4, 0.5) is 11.4 Å². The first kappa shape index (κ1) is 22.6. The van der Waals surface area contributed by atoms with Gasteiger partial charge in [-0.1, -0.05) is 19.1 Å². The number of anilines is 2. The standard InChI is InChI=1S/C22H30N2O4S2/c1-17-13-15-24(16-14-17)21-8-6-5-7-20(21)23-30(27,28)19-11-9-18(10-12-19)29(25,26)22(2,3)4/h5-12,17,23H,13-16H2,1-4H3. The fourth-order valence-electron chi connectivity index (χ4n) is 3.44. The number of benzene rings is 2. The normalized spacial score (nSPS) is 16.5. The third-order valence-electron chi connectivity index (χ3n) is 5.52. The Balaban J connectivity index is 1.86. The number of piperidine rings is 1. The van der Waals surface area contributed by atoms with Crippen molar-refractivity contribution in [1.82, 2.24) is 0 Å². The number of hydrogen-bond acceptors (Lipinski definition) is 5. The fraction of sp³-hybridized carbons (Fsp3) is 0.455. The van der Waals surface area contributed by atoms with Crippen LogP contribution in [-0.4, -0.2) is 34.7 Å². The van der Waals surface area contributed by atoms with Crippen molar-refractivity contribution < 1.29 is 16.8 Å². The van der Waals surface area contributed by atoms with E-state index in [1.807, 2.05) is 12.1 Å². The summed E-state index contributed by atoms with van der Waals surface area (Å²) in [5.41, 5.74) is 1.39. The Kier molecular flexibility index (Phi) is 6.20. The van der Waals surface area contributed by atoms with Gasteiger partial charge in [0.1, 0.15) is 0 Å². The average molecular weight is 451 g/mol. The third-order valence-corrected chi connectivity index (χ3v) is 9.41. The summed E-state index contributed by atoms with van der Waals surface area (Å²) >= 11 is 0. The van der Waals surface area contributed by atoms with E-state index in [0.29, 0.717) is 11.6 Å². The second-order valence-corrected chi connectivity index (χ2v) is 13.3. The van der Waals surface area contributed by atoms with E-state index in [0.717, 1.165) is 31.6 Å². The van der Waals surface area contributed by atoms with E-state index < -0.39 is 24.6 Å². The van der Waals surface area contributed by atoms with Crippen molar-refractivity contribution in [1.29, 1.82) is 0 Å². The van der Waals surface area contributed by atoms with Crippen LogP contribution in [0.15, 0.2) is 58.3 Å². The molecule has 1 heterocycles. The molecule has 0 spiro atoms. The van der Waals surface area contributed by atoms with Gasteiger partial charge in [-0.15, -0.1) is 0 Å². The first-order chi connectivity index (χ1) is 13.9. The Morgan fingerprint density at radius 1 is 0.867 bits per heavy atom. The summed E-state index contributed by atoms with van der Waals surface area (Å²) in [4.78, 5) is 2.34. The molecule has 1 N–H and O–H groups in total. The lowest BCUT2D eigenvalue weighted by molar-refractivity contribution is 0.438. The minimum atomic E-state index is -3.85. The predicted octanol–water partition coefficient (Wildman–Crippen LogP) is 4.30. The minimum absolute atomic E-state index is 0.0254. The van der Waals surface area contributed by atoms with Gasteiger partial charge in [0.15, 0.2) is 9.84 Å². The van der Waals surface area contributed by atoms with Crippen LogP contribution >= 0.6 is 0 Å². The smallest absolute Gasteiger partial charge is 0.261 e. The molecule has 0 amide bonds. The molecular weight excluding hydrogens is 420 g/mol. The SMILES string of the molecule is CC1CCN(c2ccccc2NS(=O)(=O)c2ccc(S(=O)(=O)C(C)(C)C)cc2)CC1. The number of rotatable bonds is 5. The van der Waals surface area contributed by atoms with Gasteiger partial charge >= 0.3 is 0 Å². The molecule has 30 heavy (non-hydrogen) atoms. The van der Waals surface area contributed by atoms with Crippen molar-refractivity contribution >= 4 is 31.2 Å². The van der Waals surface area contributed by atoms with Crippen LogP contribution in [0.1, 0.15) is 40.5 Å². The van der Waals surface area contributed by atoms with Crippen molar-refractivity contribution in [2.24, 2.45) is 5.92 Å². The van der Waals surface area contributed by atoms with Gasteiger partial charge < -0.3 is 4.90 Å². The summed E-state index contributed by atoms with van der Waals surface area (Å²) in [6.45, 7) is 8.86. The molecule has 1 aliphatic heterocycles. The molecule has 1 fully saturated rings. The van der Waals surface area contributed by atoms with E-state index >= 15 is 0 Å². The quantitative estimate of drug-likeness (QED) is 0.734. The highest BCUT2D eigenvalue weighted by Gasteiger charge is 2.31. The first-order valence-corrected chi connectivity index (χ1v) is 13.1. The molecule has 0 saturated carbocycles. The van der Waals surface area contributed by atoms with Gasteiger partial charge in [-0.25, -0.2) is 16.8 Å². The minimum Gasteiger partial charge on any atom is -0.370 e. The van der Waals surface area contributed by atoms with Gasteiger partial charge in [0.05, 0.1) is 25.9 Å². The van der Waals surface area contributed by atoms with E-state index in [2.05, 4.69) is 16.5 Å². The number of sulfonamides is 1. The van der Waals surface area contributed by atoms with E-state index in [9.17, 15) is 16.8 Å². The maximum atomic E-state index is 13.0. The Morgan fingerprint density at radius 3 is 1.97 bits per heavy atom. The van der Waals surface area contributed by atoms with E-state index in [-0.39, 0.29) is 9.79 Å². The zero-order valence-corrected chi connectivity index (χ0v) is 19.6. The highest BCUT2D eigenvalue weighted by Crippen LogP contribution is 2.32. The zero-order chi connectivity index (χ0) is 22.2. The number of nitrogens with one attached hydrogen (secondary N) is 1. The molecule has 8 heteroatoms. The van der Waals surface area contributed by atoms with Crippen LogP contribution in [0.2, 0.25) is 0 Å². The molecule has 1 saturated heterocycles. The van der Waals surface area contributed by atoms with Gasteiger partial charge in [-0.05, 0) is 75.9 Å². The molecular formula is C22H30N2O4S2. The van der Waals surface area contributed by atoms with Crippen LogP contribution < -0.4 is 9.62 Å². The van der Waals surface area contributed by atoms with Gasteiger partial charge in [0.2, 0.25) is 0 Å². The van der Waals surface area contributed by atoms with Gasteiger partial charge in [0.25, 0.3) is 10.0 Å². The average Bonchev–Trinajstić information content (AvgIpc) is 2.68. The molecule has 0 radical (unpaired) electrons. The second-order valence-electron chi connectivity index (χ2n) is 8.88. The Hall–Kier alpha value is -2.06. The lowest BCUT2D eigenvalue weighted by Gasteiger charge is -2.33. The van der Waals surface area contributed by atoms with Crippen LogP contribution in [-0.2, 0) is 19.9 Å². The number of nitrogens with zero attached hydrogens (tertiary/aromatic N) is 1. The number of hydrogen-bond donors (Lipinski definition) is 1. The number of sulfone groups is 1. The Morgan fingerprint density at radius 2 is 1.40 bits per heavy atom. The van der Waals surface area contributed by atoms with Gasteiger partial charge in [-0.3, -0.25) is 4.72 Å². The van der Waals surface area contributed by atoms with E-state index in [1.165, 1.54) is 24.3 Å². The fourth-order valence-corrected chi connectivity index (χ4v) is 5.72. The van der Waals surface area contributed by atoms with Crippen molar-refractivity contribution in [2.75, 3.05) is 22.7 Å². The van der Waals surface area contributed by atoms with Crippen LogP contribution in [0.25, 0.3) is 0 Å². The molecule has 0 aromatic heterocycles. The molecule has 3 rings (SSSR count). The molecule has 0 aliphatic carbocycles. The molecule has 6 nitrogen and oxygen atoms in total. The van der Waals surface area contributed by atoms with Crippen LogP contribution in [0, 0.1) is 5.92 Å². The summed E-state index contributed by atoms with van der Waals surface area (Å²) in [5, 5.41) is 0. The summed E-state index contributed by atoms with van der Waals surface area (Å²) in [6.07, 6.45) is 2.15. The summed E-state index contributed by atoms with van der Waals surface area (Å²) in [5.74, 6) is 0.674. The van der Waals surface area contributed by atoms with Crippen LogP contribution in [0.3, 0.4) is 0 Å². The summed E-state index contributed by atoms with van der Waals surface area (Å²) in [6, 6.07) is 12.8. The highest BCUT2D eigenvalue weighted by molar-refractivity contribution is 7.93.